The van der Waals surface area contributed by atoms with Gasteiger partial charge >= 0.3 is 0 Å². The van der Waals surface area contributed by atoms with Gasteiger partial charge in [0.05, 0.1) is 14.7 Å². The molecule has 1 heterocycles. The molecule has 0 unspecified atom stereocenters. The van der Waals surface area contributed by atoms with E-state index in [1.54, 1.807) is 42.5 Å². The predicted molar refractivity (Wildman–Crippen MR) is 123 cm³/mol. The molecule has 8 heteroatoms. The van der Waals surface area contributed by atoms with Crippen molar-refractivity contribution in [1.82, 2.24) is 4.98 Å². The number of aromatic amines is 1. The molecule has 0 atom stereocenters. The van der Waals surface area contributed by atoms with Crippen molar-refractivity contribution in [1.29, 1.82) is 0 Å². The van der Waals surface area contributed by atoms with Crippen LogP contribution >= 0.6 is 0 Å². The lowest BCUT2D eigenvalue weighted by atomic mass is 10.0. The molecule has 3 aromatic carbocycles. The fourth-order valence-electron chi connectivity index (χ4n) is 4.00. The first kappa shape index (κ1) is 22.3. The van der Waals surface area contributed by atoms with Gasteiger partial charge < -0.3 is 4.98 Å². The van der Waals surface area contributed by atoms with Gasteiger partial charge in [0.1, 0.15) is 0 Å². The zero-order chi connectivity index (χ0) is 22.9. The molecule has 0 aliphatic rings. The Morgan fingerprint density at radius 1 is 0.812 bits per heavy atom. The molecule has 166 valence electrons. The number of nitrogens with one attached hydrogen (secondary N) is 1. The van der Waals surface area contributed by atoms with Gasteiger partial charge in [-0.25, -0.2) is 8.42 Å². The number of benzene rings is 3. The monoisotopic (exact) mass is 469 g/mol. The SMILES string of the molecule is Cc1ccc(S(=O)(=O)O)c(CCCc2cccc3[nH]cc(S(=O)(=O)c4ccccc4)c23)c1. The van der Waals surface area contributed by atoms with E-state index in [0.29, 0.717) is 30.2 Å². The average Bonchev–Trinajstić information content (AvgIpc) is 3.19. The largest absolute Gasteiger partial charge is 0.360 e. The lowest BCUT2D eigenvalue weighted by molar-refractivity contribution is 0.482. The third kappa shape index (κ3) is 4.34. The molecule has 2 N–H and O–H groups in total. The molecule has 0 aliphatic heterocycles. The highest BCUT2D eigenvalue weighted by Crippen LogP contribution is 2.31. The Morgan fingerprint density at radius 3 is 2.25 bits per heavy atom. The van der Waals surface area contributed by atoms with Gasteiger partial charge in [0.25, 0.3) is 10.1 Å². The van der Waals surface area contributed by atoms with Crippen molar-refractivity contribution in [2.45, 2.75) is 40.9 Å². The second kappa shape index (κ2) is 8.54. The minimum Gasteiger partial charge on any atom is -0.360 e. The molecular weight excluding hydrogens is 446 g/mol. The summed E-state index contributed by atoms with van der Waals surface area (Å²) in [5.74, 6) is 0. The summed E-state index contributed by atoms with van der Waals surface area (Å²) in [5, 5.41) is 0.649. The number of hydrogen-bond acceptors (Lipinski definition) is 4. The molecule has 0 saturated heterocycles. The summed E-state index contributed by atoms with van der Waals surface area (Å²) in [6.07, 6.45) is 3.08. The van der Waals surface area contributed by atoms with E-state index in [-0.39, 0.29) is 14.7 Å². The lowest BCUT2D eigenvalue weighted by Crippen LogP contribution is -2.05. The van der Waals surface area contributed by atoms with E-state index in [4.69, 9.17) is 0 Å². The van der Waals surface area contributed by atoms with Crippen LogP contribution in [0.3, 0.4) is 0 Å². The quantitative estimate of drug-likeness (QED) is 0.381. The Morgan fingerprint density at radius 2 is 1.53 bits per heavy atom. The molecule has 0 fully saturated rings. The highest BCUT2D eigenvalue weighted by atomic mass is 32.2. The van der Waals surface area contributed by atoms with Gasteiger partial charge in [0, 0.05) is 17.1 Å². The summed E-state index contributed by atoms with van der Waals surface area (Å²) in [7, 11) is -8.01. The Hall–Kier alpha value is -2.94. The Bertz CT molecular complexity index is 1490. The number of H-pyrrole nitrogens is 1. The topological polar surface area (TPSA) is 104 Å². The number of fused-ring (bicyclic) bond motifs is 1. The molecule has 0 amide bonds. The summed E-state index contributed by atoms with van der Waals surface area (Å²) in [4.78, 5) is 3.43. The van der Waals surface area contributed by atoms with Crippen LogP contribution in [0.4, 0.5) is 0 Å². The van der Waals surface area contributed by atoms with Crippen molar-refractivity contribution >= 4 is 30.9 Å². The molecule has 0 radical (unpaired) electrons. The zero-order valence-corrected chi connectivity index (χ0v) is 19.1. The number of sulfone groups is 1. The number of aryl methyl sites for hydroxylation is 3. The van der Waals surface area contributed by atoms with E-state index in [1.807, 2.05) is 25.1 Å². The minimum absolute atomic E-state index is 0.0877. The zero-order valence-electron chi connectivity index (χ0n) is 17.4. The van der Waals surface area contributed by atoms with Crippen LogP contribution in [-0.2, 0) is 32.8 Å². The first-order valence-corrected chi connectivity index (χ1v) is 13.1. The van der Waals surface area contributed by atoms with Crippen molar-refractivity contribution in [2.24, 2.45) is 0 Å². The molecular formula is C24H23NO5S2. The van der Waals surface area contributed by atoms with E-state index < -0.39 is 20.0 Å². The van der Waals surface area contributed by atoms with E-state index >= 15 is 0 Å². The van der Waals surface area contributed by atoms with Crippen molar-refractivity contribution in [2.75, 3.05) is 0 Å². The molecule has 0 saturated carbocycles. The highest BCUT2D eigenvalue weighted by Gasteiger charge is 2.23. The highest BCUT2D eigenvalue weighted by molar-refractivity contribution is 7.91. The average molecular weight is 470 g/mol. The van der Waals surface area contributed by atoms with Crippen LogP contribution < -0.4 is 0 Å². The molecule has 4 rings (SSSR count). The second-order valence-corrected chi connectivity index (χ2v) is 11.1. The lowest BCUT2D eigenvalue weighted by Gasteiger charge is -2.10. The normalized spacial score (nSPS) is 12.3. The summed E-state index contributed by atoms with van der Waals surface area (Å²) in [5.41, 5.74) is 3.03. The van der Waals surface area contributed by atoms with Crippen LogP contribution in [0.15, 0.2) is 87.6 Å². The minimum atomic E-state index is -4.31. The molecule has 0 spiro atoms. The van der Waals surface area contributed by atoms with Gasteiger partial charge in [-0.1, -0.05) is 48.0 Å². The van der Waals surface area contributed by atoms with Gasteiger partial charge in [-0.3, -0.25) is 4.55 Å². The van der Waals surface area contributed by atoms with Crippen LogP contribution in [0.25, 0.3) is 10.9 Å². The second-order valence-electron chi connectivity index (χ2n) is 7.75. The molecule has 1 aromatic heterocycles. The van der Waals surface area contributed by atoms with E-state index in [1.165, 1.54) is 12.3 Å². The smallest absolute Gasteiger partial charge is 0.294 e. The Balaban J connectivity index is 1.66. The van der Waals surface area contributed by atoms with Crippen LogP contribution in [-0.4, -0.2) is 26.4 Å². The first-order valence-electron chi connectivity index (χ1n) is 10.1. The third-order valence-electron chi connectivity index (χ3n) is 5.49. The molecule has 32 heavy (non-hydrogen) atoms. The molecule has 0 bridgehead atoms. The maximum atomic E-state index is 13.2. The van der Waals surface area contributed by atoms with E-state index in [0.717, 1.165) is 16.6 Å². The van der Waals surface area contributed by atoms with E-state index in [9.17, 15) is 21.4 Å². The van der Waals surface area contributed by atoms with Gasteiger partial charge in [-0.05, 0) is 61.6 Å². The number of hydrogen-bond donors (Lipinski definition) is 2. The fraction of sp³-hybridized carbons (Fsp3) is 0.167. The molecule has 6 nitrogen and oxygen atoms in total. The maximum absolute atomic E-state index is 13.2. The van der Waals surface area contributed by atoms with Gasteiger partial charge in [0.15, 0.2) is 0 Å². The first-order chi connectivity index (χ1) is 15.2. The van der Waals surface area contributed by atoms with Gasteiger partial charge in [0.2, 0.25) is 9.84 Å². The number of aromatic nitrogens is 1. The van der Waals surface area contributed by atoms with Gasteiger partial charge in [-0.15, -0.1) is 0 Å². The summed E-state index contributed by atoms with van der Waals surface area (Å²) in [6, 6.07) is 18.7. The van der Waals surface area contributed by atoms with Crippen molar-refractivity contribution in [3.05, 3.63) is 89.6 Å². The predicted octanol–water partition coefficient (Wildman–Crippen LogP) is 4.73. The Kier molecular flexibility index (Phi) is 5.94. The Labute approximate surface area is 187 Å². The molecule has 0 aliphatic carbocycles. The van der Waals surface area contributed by atoms with Crippen LogP contribution in [0, 0.1) is 6.92 Å². The summed E-state index contributed by atoms with van der Waals surface area (Å²) >= 11 is 0. The third-order valence-corrected chi connectivity index (χ3v) is 8.23. The summed E-state index contributed by atoms with van der Waals surface area (Å²) in [6.45, 7) is 1.86. The fourth-order valence-corrected chi connectivity index (χ4v) is 6.22. The van der Waals surface area contributed by atoms with Crippen molar-refractivity contribution in [3.8, 4) is 0 Å². The van der Waals surface area contributed by atoms with E-state index in [2.05, 4.69) is 4.98 Å². The molecule has 4 aromatic rings. The maximum Gasteiger partial charge on any atom is 0.294 e. The van der Waals surface area contributed by atoms with Gasteiger partial charge in [-0.2, -0.15) is 8.42 Å². The van der Waals surface area contributed by atoms with Crippen molar-refractivity contribution < 1.29 is 21.4 Å². The standard InChI is InChI=1S/C24H23NO5S2/c1-17-13-14-22(32(28,29)30)19(15-17)9-5-7-18-8-6-12-21-24(18)23(16-25-21)31(26,27)20-10-3-2-4-11-20/h2-4,6,8,10-16,25H,5,7,9H2,1H3,(H,28,29,30). The van der Waals surface area contributed by atoms with Crippen LogP contribution in [0.5, 0.6) is 0 Å². The van der Waals surface area contributed by atoms with Crippen molar-refractivity contribution in [3.63, 3.8) is 0 Å². The van der Waals surface area contributed by atoms with Crippen LogP contribution in [0.1, 0.15) is 23.1 Å². The van der Waals surface area contributed by atoms with Crippen LogP contribution in [0.2, 0.25) is 0 Å². The summed E-state index contributed by atoms with van der Waals surface area (Å²) < 4.78 is 59.4. The number of rotatable bonds is 7.